The van der Waals surface area contributed by atoms with Crippen molar-refractivity contribution in [2.45, 2.75) is 18.7 Å². The highest BCUT2D eigenvalue weighted by atomic mass is 32.2. The number of amides is 1. The van der Waals surface area contributed by atoms with E-state index >= 15 is 0 Å². The molecule has 1 aliphatic rings. The summed E-state index contributed by atoms with van der Waals surface area (Å²) in [5, 5.41) is 35.7. The number of nitro benzene ring substituents is 1. The molecule has 1 aromatic carbocycles. The first-order chi connectivity index (χ1) is 18.1. The number of hydrogen-bond acceptors (Lipinski definition) is 13. The lowest BCUT2D eigenvalue weighted by Crippen LogP contribution is -2.29. The summed E-state index contributed by atoms with van der Waals surface area (Å²) in [5.74, 6) is -0.367. The third kappa shape index (κ3) is 5.39. The predicted octanol–water partition coefficient (Wildman–Crippen LogP) is 2.87. The second-order valence-electron chi connectivity index (χ2n) is 7.88. The number of aromatic nitrogens is 1. The van der Waals surface area contributed by atoms with E-state index in [9.17, 15) is 28.6 Å². The first-order valence-corrected chi connectivity index (χ1v) is 12.8. The zero-order chi connectivity index (χ0) is 28.0. The molecule has 1 aliphatic heterocycles. The van der Waals surface area contributed by atoms with Crippen LogP contribution >= 0.6 is 0 Å². The number of nitro groups is 1. The molecule has 38 heavy (non-hydrogen) atoms. The van der Waals surface area contributed by atoms with Crippen LogP contribution < -0.4 is 10.6 Å². The maximum atomic E-state index is 12.8. The summed E-state index contributed by atoms with van der Waals surface area (Å²) in [6, 6.07) is 3.90. The number of hydrogen-bond donors (Lipinski definition) is 2. The topological polar surface area (TPSA) is 202 Å². The molecule has 0 radical (unpaired) electrons. The van der Waals surface area contributed by atoms with Gasteiger partial charge in [-0.3, -0.25) is 14.9 Å². The van der Waals surface area contributed by atoms with Crippen LogP contribution in [-0.2, 0) is 19.5 Å². The molecule has 1 aromatic heterocycles. The number of nitriles is 1. The number of ether oxygens (including phenoxy) is 2. The lowest BCUT2D eigenvalue weighted by atomic mass is 10.1. The Labute approximate surface area is 218 Å². The number of carbonyl (C=O) groups excluding carboxylic acids is 1. The van der Waals surface area contributed by atoms with E-state index < -0.39 is 31.4 Å². The number of carbonyl (C=O) groups is 1. The third-order valence-electron chi connectivity index (χ3n) is 5.57. The summed E-state index contributed by atoms with van der Waals surface area (Å²) in [7, 11) is -1.14. The highest BCUT2D eigenvalue weighted by Crippen LogP contribution is 2.41. The van der Waals surface area contributed by atoms with Crippen molar-refractivity contribution in [3.05, 3.63) is 38.9 Å². The Hall–Kier alpha value is -4.20. The first-order valence-electron chi connectivity index (χ1n) is 11.3. The minimum Gasteiger partial charge on any atom is -0.383 e. The molecule has 16 heteroatoms. The number of anilines is 2. The molecule has 0 atom stereocenters. The van der Waals surface area contributed by atoms with Crippen LogP contribution in [0.15, 0.2) is 27.3 Å². The van der Waals surface area contributed by atoms with Crippen molar-refractivity contribution in [1.29, 1.82) is 5.26 Å². The number of benzene rings is 1. The van der Waals surface area contributed by atoms with Gasteiger partial charge in [0, 0.05) is 45.5 Å². The van der Waals surface area contributed by atoms with Crippen LogP contribution in [0, 0.1) is 28.4 Å². The number of sulfonamides is 1. The number of methoxy groups -OCH3 is 2. The van der Waals surface area contributed by atoms with Crippen LogP contribution in [0.5, 0.6) is 0 Å². The summed E-state index contributed by atoms with van der Waals surface area (Å²) in [4.78, 5) is 27.5. The van der Waals surface area contributed by atoms with Crippen molar-refractivity contribution in [2.24, 2.45) is 10.2 Å². The molecule has 0 spiro atoms. The third-order valence-corrected chi connectivity index (χ3v) is 7.47. The van der Waals surface area contributed by atoms with E-state index in [0.29, 0.717) is 36.2 Å². The van der Waals surface area contributed by atoms with E-state index in [2.05, 4.69) is 31.9 Å². The van der Waals surface area contributed by atoms with E-state index in [-0.39, 0.29) is 40.7 Å². The van der Waals surface area contributed by atoms with Crippen molar-refractivity contribution in [1.82, 2.24) is 9.29 Å². The van der Waals surface area contributed by atoms with Gasteiger partial charge in [0.1, 0.15) is 22.5 Å². The Morgan fingerprint density at radius 1 is 1.16 bits per heavy atom. The Kier molecular flexibility index (Phi) is 8.88. The van der Waals surface area contributed by atoms with E-state index in [4.69, 9.17) is 9.47 Å². The molecule has 1 amide bonds. The highest BCUT2D eigenvalue weighted by Gasteiger charge is 2.42. The maximum Gasteiger partial charge on any atom is 0.297 e. The number of nitrogens with zero attached hydrogens (tertiary/aromatic N) is 6. The number of rotatable bonds is 12. The van der Waals surface area contributed by atoms with Gasteiger partial charge in [0.2, 0.25) is 0 Å². The number of pyridine rings is 1. The van der Waals surface area contributed by atoms with Crippen LogP contribution in [0.2, 0.25) is 0 Å². The fourth-order valence-electron chi connectivity index (χ4n) is 3.69. The molecular formula is C22H26N8O7S. The Morgan fingerprint density at radius 2 is 1.79 bits per heavy atom. The number of azo groups is 1. The van der Waals surface area contributed by atoms with Crippen molar-refractivity contribution < 1.29 is 27.6 Å². The fraction of sp³-hybridized carbons (Fsp3) is 0.409. The zero-order valence-electron chi connectivity index (χ0n) is 21.1. The van der Waals surface area contributed by atoms with Crippen LogP contribution in [0.4, 0.5) is 28.7 Å². The minimum absolute atomic E-state index is 0.110. The second kappa shape index (κ2) is 11.9. The highest BCUT2D eigenvalue weighted by molar-refractivity contribution is 7.90. The normalized spacial score (nSPS) is 14.0. The van der Waals surface area contributed by atoms with Gasteiger partial charge in [0.15, 0.2) is 11.5 Å². The summed E-state index contributed by atoms with van der Waals surface area (Å²) < 4.78 is 36.3. The van der Waals surface area contributed by atoms with Crippen molar-refractivity contribution >= 4 is 44.6 Å². The van der Waals surface area contributed by atoms with Crippen molar-refractivity contribution in [3.8, 4) is 6.07 Å². The van der Waals surface area contributed by atoms with Gasteiger partial charge < -0.3 is 20.1 Å². The van der Waals surface area contributed by atoms with Gasteiger partial charge in [-0.05, 0) is 19.9 Å². The van der Waals surface area contributed by atoms with Gasteiger partial charge in [-0.2, -0.15) is 5.26 Å². The molecule has 0 fully saturated rings. The lowest BCUT2D eigenvalue weighted by Gasteiger charge is -2.15. The molecular weight excluding hydrogens is 520 g/mol. The molecule has 0 bridgehead atoms. The summed E-state index contributed by atoms with van der Waals surface area (Å²) >= 11 is 0. The van der Waals surface area contributed by atoms with Gasteiger partial charge >= 0.3 is 0 Å². The summed E-state index contributed by atoms with van der Waals surface area (Å²) in [6.07, 6.45) is 0. The molecule has 2 aromatic rings. The van der Waals surface area contributed by atoms with E-state index in [0.717, 1.165) is 12.1 Å². The summed E-state index contributed by atoms with van der Waals surface area (Å²) in [5.41, 5.74) is -0.648. The Balaban J connectivity index is 2.16. The number of fused-ring (bicyclic) bond motifs is 1. The first kappa shape index (κ1) is 28.4. The smallest absolute Gasteiger partial charge is 0.297 e. The van der Waals surface area contributed by atoms with Gasteiger partial charge in [0.25, 0.3) is 21.6 Å². The molecule has 0 saturated carbocycles. The average Bonchev–Trinajstić information content (AvgIpc) is 3.07. The molecule has 2 heterocycles. The van der Waals surface area contributed by atoms with Gasteiger partial charge in [-0.1, -0.05) is 0 Å². The van der Waals surface area contributed by atoms with Gasteiger partial charge in [-0.15, -0.1) is 10.2 Å². The monoisotopic (exact) mass is 546 g/mol. The molecule has 15 nitrogen and oxygen atoms in total. The maximum absolute atomic E-state index is 12.8. The van der Waals surface area contributed by atoms with Crippen molar-refractivity contribution in [2.75, 3.05) is 57.7 Å². The largest absolute Gasteiger partial charge is 0.383 e. The van der Waals surface area contributed by atoms with Gasteiger partial charge in [-0.25, -0.2) is 17.7 Å². The van der Waals surface area contributed by atoms with E-state index in [1.165, 1.54) is 21.1 Å². The van der Waals surface area contributed by atoms with E-state index in [1.54, 1.807) is 6.92 Å². The van der Waals surface area contributed by atoms with Gasteiger partial charge in [0.05, 0.1) is 29.3 Å². The quantitative estimate of drug-likeness (QED) is 0.171. The Bertz CT molecular complexity index is 1440. The standard InChI is InChI=1S/C22H26N8O7S/c1-5-29-22(31)14-10-17(30(32)33)16(11-18(14)38(29,34)35)27-28-19-13(2)15(12-23)20(24-6-8-36-3)26-21(19)25-7-9-37-4/h10-11H,5-9H2,1-4H3,(H2,24,25,26). The molecule has 3 rings (SSSR count). The van der Waals surface area contributed by atoms with Crippen LogP contribution in [0.3, 0.4) is 0 Å². The SMILES string of the molecule is CCN1C(=O)c2cc([N+](=O)[O-])c(N=Nc3c(NCCOC)nc(NCCOC)c(C#N)c3C)cc2S1(=O)=O. The number of nitrogens with one attached hydrogen (secondary N) is 2. The summed E-state index contributed by atoms with van der Waals surface area (Å²) in [6.45, 7) is 4.33. The van der Waals surface area contributed by atoms with E-state index in [1.807, 2.05) is 0 Å². The molecule has 0 aliphatic carbocycles. The minimum atomic E-state index is -4.19. The van der Waals surface area contributed by atoms with Crippen LogP contribution in [0.1, 0.15) is 28.4 Å². The molecule has 0 unspecified atom stereocenters. The fourth-order valence-corrected chi connectivity index (χ4v) is 5.27. The molecule has 2 N–H and O–H groups in total. The predicted molar refractivity (Wildman–Crippen MR) is 136 cm³/mol. The lowest BCUT2D eigenvalue weighted by molar-refractivity contribution is -0.384. The van der Waals surface area contributed by atoms with Crippen LogP contribution in [0.25, 0.3) is 0 Å². The molecule has 202 valence electrons. The second-order valence-corrected chi connectivity index (χ2v) is 9.71. The Morgan fingerprint density at radius 3 is 2.34 bits per heavy atom. The average molecular weight is 547 g/mol. The molecule has 0 saturated heterocycles. The zero-order valence-corrected chi connectivity index (χ0v) is 22.0. The van der Waals surface area contributed by atoms with Crippen molar-refractivity contribution in [3.63, 3.8) is 0 Å². The van der Waals surface area contributed by atoms with Crippen LogP contribution in [-0.4, -0.2) is 75.6 Å².